The van der Waals surface area contributed by atoms with Crippen molar-refractivity contribution in [3.05, 3.63) is 29.8 Å². The zero-order chi connectivity index (χ0) is 20.2. The first-order chi connectivity index (χ1) is 14.1. The molecule has 5 heteroatoms. The van der Waals surface area contributed by atoms with Gasteiger partial charge in [-0.25, -0.2) is 0 Å². The number of anilines is 1. The number of nitrogens with one attached hydrogen (secondary N) is 1. The minimum atomic E-state index is 0.0838. The molecule has 0 spiro atoms. The van der Waals surface area contributed by atoms with Gasteiger partial charge in [0.2, 0.25) is 11.8 Å². The Labute approximate surface area is 174 Å². The Kier molecular flexibility index (Phi) is 6.53. The topological polar surface area (TPSA) is 75.4 Å². The van der Waals surface area contributed by atoms with Gasteiger partial charge < -0.3 is 16.0 Å². The van der Waals surface area contributed by atoms with Gasteiger partial charge in [0.05, 0.1) is 0 Å². The smallest absolute Gasteiger partial charge is 0.227 e. The summed E-state index contributed by atoms with van der Waals surface area (Å²) < 4.78 is 0. The predicted molar refractivity (Wildman–Crippen MR) is 115 cm³/mol. The number of carbonyl (C=O) groups is 2. The molecule has 3 N–H and O–H groups in total. The molecule has 3 aliphatic rings. The van der Waals surface area contributed by atoms with E-state index in [0.29, 0.717) is 6.54 Å². The molecule has 0 saturated heterocycles. The van der Waals surface area contributed by atoms with Crippen molar-refractivity contribution in [1.82, 2.24) is 4.90 Å². The Morgan fingerprint density at radius 3 is 2.17 bits per heavy atom. The maximum absolute atomic E-state index is 13.0. The molecule has 2 amide bonds. The van der Waals surface area contributed by atoms with Crippen LogP contribution in [0, 0.1) is 11.8 Å². The van der Waals surface area contributed by atoms with E-state index in [1.165, 1.54) is 12.8 Å². The fourth-order valence-corrected chi connectivity index (χ4v) is 4.95. The molecule has 2 atom stereocenters. The average Bonchev–Trinajstić information content (AvgIpc) is 3.59. The number of hydrogen-bond acceptors (Lipinski definition) is 3. The van der Waals surface area contributed by atoms with Gasteiger partial charge in [-0.2, -0.15) is 0 Å². The second-order valence-electron chi connectivity index (χ2n) is 9.28. The first kappa shape index (κ1) is 20.4. The highest BCUT2D eigenvalue weighted by Gasteiger charge is 2.38. The van der Waals surface area contributed by atoms with E-state index < -0.39 is 0 Å². The van der Waals surface area contributed by atoms with Crippen molar-refractivity contribution >= 4 is 17.5 Å². The van der Waals surface area contributed by atoms with Crippen LogP contribution in [0.2, 0.25) is 0 Å². The molecule has 1 aromatic rings. The van der Waals surface area contributed by atoms with Crippen LogP contribution in [0.3, 0.4) is 0 Å². The molecule has 0 bridgehead atoms. The lowest BCUT2D eigenvalue weighted by molar-refractivity contribution is -0.136. The Bertz CT molecular complexity index is 707. The molecule has 29 heavy (non-hydrogen) atoms. The monoisotopic (exact) mass is 397 g/mol. The van der Waals surface area contributed by atoms with Crippen molar-refractivity contribution in [1.29, 1.82) is 0 Å². The molecule has 5 nitrogen and oxygen atoms in total. The summed E-state index contributed by atoms with van der Waals surface area (Å²) in [5, 5.41) is 3.07. The van der Waals surface area contributed by atoms with Crippen LogP contribution in [-0.4, -0.2) is 28.8 Å². The highest BCUT2D eigenvalue weighted by molar-refractivity contribution is 5.92. The zero-order valence-corrected chi connectivity index (χ0v) is 17.4. The van der Waals surface area contributed by atoms with Gasteiger partial charge in [0.15, 0.2) is 0 Å². The van der Waals surface area contributed by atoms with Gasteiger partial charge in [-0.15, -0.1) is 0 Å². The van der Waals surface area contributed by atoms with E-state index in [9.17, 15) is 9.59 Å². The third-order valence-electron chi connectivity index (χ3n) is 6.94. The number of carbonyl (C=O) groups excluding carboxylic acids is 2. The second kappa shape index (κ2) is 9.29. The lowest BCUT2D eigenvalue weighted by Gasteiger charge is -2.38. The molecule has 1 aromatic carbocycles. The standard InChI is InChI=1S/C24H35N3O2/c25-21-8-4-5-9-22(21)27(24(29)19-12-13-19)16-17-10-14-20(15-11-17)26-23(28)18-6-2-1-3-7-18/h10-11,14-15,18-19,21-22H,1-9,12-13,16,25H2,(H,26,28). The van der Waals surface area contributed by atoms with E-state index in [-0.39, 0.29) is 35.7 Å². The maximum Gasteiger partial charge on any atom is 0.227 e. The largest absolute Gasteiger partial charge is 0.334 e. The van der Waals surface area contributed by atoms with Crippen LogP contribution in [0.25, 0.3) is 0 Å². The summed E-state index contributed by atoms with van der Waals surface area (Å²) in [6.07, 6.45) is 11.9. The molecule has 3 fully saturated rings. The summed E-state index contributed by atoms with van der Waals surface area (Å²) in [5.74, 6) is 0.791. The van der Waals surface area contributed by atoms with Gasteiger partial charge in [0.1, 0.15) is 0 Å². The van der Waals surface area contributed by atoms with Gasteiger partial charge in [0.25, 0.3) is 0 Å². The number of amides is 2. The average molecular weight is 398 g/mol. The first-order valence-electron chi connectivity index (χ1n) is 11.6. The van der Waals surface area contributed by atoms with Crippen LogP contribution >= 0.6 is 0 Å². The van der Waals surface area contributed by atoms with Crippen LogP contribution in [0.4, 0.5) is 5.69 Å². The summed E-state index contributed by atoms with van der Waals surface area (Å²) in [7, 11) is 0. The van der Waals surface area contributed by atoms with Crippen molar-refractivity contribution in [3.63, 3.8) is 0 Å². The van der Waals surface area contributed by atoms with E-state index in [1.807, 2.05) is 24.3 Å². The van der Waals surface area contributed by atoms with Crippen molar-refractivity contribution in [2.24, 2.45) is 17.6 Å². The van der Waals surface area contributed by atoms with E-state index in [1.54, 1.807) is 0 Å². The molecule has 2 unspecified atom stereocenters. The molecule has 158 valence electrons. The number of benzene rings is 1. The van der Waals surface area contributed by atoms with E-state index in [4.69, 9.17) is 5.73 Å². The molecular weight excluding hydrogens is 362 g/mol. The summed E-state index contributed by atoms with van der Waals surface area (Å²) in [6, 6.07) is 8.26. The Morgan fingerprint density at radius 2 is 1.52 bits per heavy atom. The molecule has 0 heterocycles. The molecule has 0 aromatic heterocycles. The second-order valence-corrected chi connectivity index (χ2v) is 9.28. The van der Waals surface area contributed by atoms with Crippen molar-refractivity contribution in [3.8, 4) is 0 Å². The zero-order valence-electron chi connectivity index (χ0n) is 17.4. The third-order valence-corrected chi connectivity index (χ3v) is 6.94. The van der Waals surface area contributed by atoms with Gasteiger partial charge in [-0.3, -0.25) is 9.59 Å². The predicted octanol–water partition coefficient (Wildman–Crippen LogP) is 4.21. The van der Waals surface area contributed by atoms with Crippen LogP contribution in [0.1, 0.15) is 76.2 Å². The Morgan fingerprint density at radius 1 is 0.862 bits per heavy atom. The van der Waals surface area contributed by atoms with Gasteiger partial charge in [-0.1, -0.05) is 44.2 Å². The van der Waals surface area contributed by atoms with Crippen molar-refractivity contribution in [2.75, 3.05) is 5.32 Å². The molecule has 3 saturated carbocycles. The van der Waals surface area contributed by atoms with Crippen LogP contribution in [0.5, 0.6) is 0 Å². The first-order valence-corrected chi connectivity index (χ1v) is 11.6. The quantitative estimate of drug-likeness (QED) is 0.755. The SMILES string of the molecule is NC1CCCCC1N(Cc1ccc(NC(=O)C2CCCCC2)cc1)C(=O)C1CC1. The molecule has 0 radical (unpaired) electrons. The summed E-state index contributed by atoms with van der Waals surface area (Å²) in [6.45, 7) is 0.616. The lowest BCUT2D eigenvalue weighted by atomic mass is 9.88. The van der Waals surface area contributed by atoms with Crippen LogP contribution < -0.4 is 11.1 Å². The normalized spacial score (nSPS) is 25.4. The lowest BCUT2D eigenvalue weighted by Crippen LogP contribution is -2.52. The highest BCUT2D eigenvalue weighted by atomic mass is 16.2. The fraction of sp³-hybridized carbons (Fsp3) is 0.667. The van der Waals surface area contributed by atoms with Crippen molar-refractivity contribution < 1.29 is 9.59 Å². The van der Waals surface area contributed by atoms with Crippen molar-refractivity contribution in [2.45, 2.75) is 89.3 Å². The molecule has 0 aliphatic heterocycles. The Hall–Kier alpha value is -1.88. The minimum Gasteiger partial charge on any atom is -0.334 e. The molecular formula is C24H35N3O2. The van der Waals surface area contributed by atoms with Gasteiger partial charge in [-0.05, 0) is 56.2 Å². The molecule has 4 rings (SSSR count). The highest BCUT2D eigenvalue weighted by Crippen LogP contribution is 2.34. The number of hydrogen-bond donors (Lipinski definition) is 2. The number of nitrogens with zero attached hydrogens (tertiary/aromatic N) is 1. The van der Waals surface area contributed by atoms with E-state index >= 15 is 0 Å². The summed E-state index contributed by atoms with van der Waals surface area (Å²) in [5.41, 5.74) is 8.35. The van der Waals surface area contributed by atoms with Gasteiger partial charge >= 0.3 is 0 Å². The minimum absolute atomic E-state index is 0.0838. The van der Waals surface area contributed by atoms with Gasteiger partial charge in [0, 0.05) is 36.2 Å². The maximum atomic E-state index is 13.0. The number of rotatable bonds is 6. The third kappa shape index (κ3) is 5.19. The van der Waals surface area contributed by atoms with Crippen LogP contribution in [-0.2, 0) is 16.1 Å². The fourth-order valence-electron chi connectivity index (χ4n) is 4.95. The molecule has 3 aliphatic carbocycles. The summed E-state index contributed by atoms with van der Waals surface area (Å²) >= 11 is 0. The number of nitrogens with two attached hydrogens (primary N) is 1. The van der Waals surface area contributed by atoms with E-state index in [0.717, 1.165) is 69.0 Å². The van der Waals surface area contributed by atoms with Crippen LogP contribution in [0.15, 0.2) is 24.3 Å². The van der Waals surface area contributed by atoms with E-state index in [2.05, 4.69) is 10.2 Å². The summed E-state index contributed by atoms with van der Waals surface area (Å²) in [4.78, 5) is 27.5. The Balaban J connectivity index is 1.40.